The lowest BCUT2D eigenvalue weighted by Crippen LogP contribution is -2.34. The predicted octanol–water partition coefficient (Wildman–Crippen LogP) is 3.47. The van der Waals surface area contributed by atoms with E-state index in [1.807, 2.05) is 19.1 Å². The summed E-state index contributed by atoms with van der Waals surface area (Å²) in [5.41, 5.74) is 3.04. The van der Waals surface area contributed by atoms with E-state index >= 15 is 0 Å². The molecule has 0 aliphatic carbocycles. The fourth-order valence-electron chi connectivity index (χ4n) is 2.12. The van der Waals surface area contributed by atoms with Gasteiger partial charge in [-0.05, 0) is 60.1 Å². The number of carbonyl (C=O) groups excluding carboxylic acids is 1. The fourth-order valence-corrected chi connectivity index (χ4v) is 2.33. The van der Waals surface area contributed by atoms with Crippen LogP contribution in [0.4, 0.5) is 5.69 Å². The van der Waals surface area contributed by atoms with Gasteiger partial charge in [0.2, 0.25) is 0 Å². The van der Waals surface area contributed by atoms with Crippen LogP contribution in [-0.2, 0) is 11.2 Å². The molecule has 0 bridgehead atoms. The minimum atomic E-state index is -1.02. The second-order valence-corrected chi connectivity index (χ2v) is 5.66. The largest absolute Gasteiger partial charge is 0.478 e. The summed E-state index contributed by atoms with van der Waals surface area (Å²) in [4.78, 5) is 22.7. The van der Waals surface area contributed by atoms with Gasteiger partial charge in [0.15, 0.2) is 5.11 Å². The summed E-state index contributed by atoms with van der Waals surface area (Å²) in [7, 11) is 0. The summed E-state index contributed by atoms with van der Waals surface area (Å²) < 4.78 is 0. The predicted molar refractivity (Wildman–Crippen MR) is 103 cm³/mol. The average Bonchev–Trinajstić information content (AvgIpc) is 2.60. The molecule has 6 heteroatoms. The number of nitrogens with one attached hydrogen (secondary N) is 2. The van der Waals surface area contributed by atoms with E-state index in [-0.39, 0.29) is 11.0 Å². The van der Waals surface area contributed by atoms with E-state index in [1.165, 1.54) is 6.08 Å². The maximum Gasteiger partial charge on any atom is 0.328 e. The molecule has 0 saturated carbocycles. The number of anilines is 1. The molecule has 0 radical (unpaired) electrons. The molecule has 0 unspecified atom stereocenters. The standard InChI is InChI=1S/C19H18N2O3S/c1-2-13-6-9-15(10-7-13)18(24)21-19(25)20-16-5-3-4-14(12-16)8-11-17(22)23/h3-12H,2H2,1H3,(H,22,23)(H2,20,21,24,25)/b11-8+. The first-order chi connectivity index (χ1) is 12.0. The van der Waals surface area contributed by atoms with Crippen LogP contribution in [0, 0.1) is 0 Å². The zero-order chi connectivity index (χ0) is 18.2. The van der Waals surface area contributed by atoms with Crippen LogP contribution in [0.25, 0.3) is 6.08 Å². The van der Waals surface area contributed by atoms with Gasteiger partial charge in [-0.15, -0.1) is 0 Å². The van der Waals surface area contributed by atoms with Gasteiger partial charge in [0, 0.05) is 17.3 Å². The highest BCUT2D eigenvalue weighted by molar-refractivity contribution is 7.80. The lowest BCUT2D eigenvalue weighted by molar-refractivity contribution is -0.131. The van der Waals surface area contributed by atoms with Gasteiger partial charge in [0.25, 0.3) is 5.91 Å². The van der Waals surface area contributed by atoms with Crippen molar-refractivity contribution in [2.45, 2.75) is 13.3 Å². The first kappa shape index (κ1) is 18.4. The Morgan fingerprint density at radius 1 is 1.16 bits per heavy atom. The molecule has 0 aliphatic rings. The average molecular weight is 354 g/mol. The number of carbonyl (C=O) groups is 2. The number of aryl methyl sites for hydroxylation is 1. The molecule has 0 spiro atoms. The Kier molecular flexibility index (Phi) is 6.42. The topological polar surface area (TPSA) is 78.4 Å². The van der Waals surface area contributed by atoms with Crippen molar-refractivity contribution >= 4 is 41.0 Å². The van der Waals surface area contributed by atoms with Crippen LogP contribution in [0.3, 0.4) is 0 Å². The minimum Gasteiger partial charge on any atom is -0.478 e. The summed E-state index contributed by atoms with van der Waals surface area (Å²) in [5, 5.41) is 14.4. The van der Waals surface area contributed by atoms with Gasteiger partial charge in [0.05, 0.1) is 0 Å². The van der Waals surface area contributed by atoms with E-state index in [0.717, 1.165) is 18.1 Å². The Bertz CT molecular complexity index is 814. The Hall–Kier alpha value is -2.99. The zero-order valence-corrected chi connectivity index (χ0v) is 14.5. The number of hydrogen-bond acceptors (Lipinski definition) is 3. The molecule has 0 aromatic heterocycles. The van der Waals surface area contributed by atoms with Gasteiger partial charge >= 0.3 is 5.97 Å². The van der Waals surface area contributed by atoms with Crippen molar-refractivity contribution in [3.63, 3.8) is 0 Å². The Morgan fingerprint density at radius 3 is 2.52 bits per heavy atom. The third kappa shape index (κ3) is 5.86. The molecule has 0 atom stereocenters. The number of carboxylic acid groups (broad SMARTS) is 1. The van der Waals surface area contributed by atoms with Crippen molar-refractivity contribution in [1.82, 2.24) is 5.32 Å². The van der Waals surface area contributed by atoms with Crippen LogP contribution in [-0.4, -0.2) is 22.1 Å². The summed E-state index contributed by atoms with van der Waals surface area (Å²) in [6.45, 7) is 2.05. The molecular formula is C19H18N2O3S. The molecule has 0 heterocycles. The number of carboxylic acids is 1. The molecule has 128 valence electrons. The summed E-state index contributed by atoms with van der Waals surface area (Å²) >= 11 is 5.16. The van der Waals surface area contributed by atoms with Crippen molar-refractivity contribution in [3.05, 3.63) is 71.3 Å². The van der Waals surface area contributed by atoms with E-state index < -0.39 is 5.97 Å². The van der Waals surface area contributed by atoms with Crippen molar-refractivity contribution < 1.29 is 14.7 Å². The van der Waals surface area contributed by atoms with Crippen LogP contribution in [0.5, 0.6) is 0 Å². The molecule has 2 aromatic rings. The van der Waals surface area contributed by atoms with Crippen molar-refractivity contribution in [2.24, 2.45) is 0 Å². The van der Waals surface area contributed by atoms with Gasteiger partial charge < -0.3 is 10.4 Å². The number of amides is 1. The van der Waals surface area contributed by atoms with E-state index in [4.69, 9.17) is 17.3 Å². The summed E-state index contributed by atoms with van der Waals surface area (Å²) in [5.74, 6) is -1.31. The first-order valence-electron chi connectivity index (χ1n) is 7.70. The number of benzene rings is 2. The maximum atomic E-state index is 12.2. The second-order valence-electron chi connectivity index (χ2n) is 5.26. The number of hydrogen-bond donors (Lipinski definition) is 3. The number of aliphatic carboxylic acids is 1. The molecule has 0 saturated heterocycles. The van der Waals surface area contributed by atoms with Crippen LogP contribution in [0.15, 0.2) is 54.6 Å². The monoisotopic (exact) mass is 354 g/mol. The zero-order valence-electron chi connectivity index (χ0n) is 13.7. The quantitative estimate of drug-likeness (QED) is 0.566. The van der Waals surface area contributed by atoms with Gasteiger partial charge in [-0.2, -0.15) is 0 Å². The smallest absolute Gasteiger partial charge is 0.328 e. The van der Waals surface area contributed by atoms with E-state index in [1.54, 1.807) is 36.4 Å². The Labute approximate surface area is 151 Å². The molecule has 25 heavy (non-hydrogen) atoms. The molecule has 5 nitrogen and oxygen atoms in total. The van der Waals surface area contributed by atoms with Gasteiger partial charge in [-0.25, -0.2) is 4.79 Å². The van der Waals surface area contributed by atoms with Crippen molar-refractivity contribution in [1.29, 1.82) is 0 Å². The Morgan fingerprint density at radius 2 is 1.88 bits per heavy atom. The lowest BCUT2D eigenvalue weighted by Gasteiger charge is -2.10. The van der Waals surface area contributed by atoms with Crippen LogP contribution in [0.2, 0.25) is 0 Å². The number of thiocarbonyl (C=S) groups is 1. The molecule has 2 rings (SSSR count). The summed E-state index contributed by atoms with van der Waals surface area (Å²) in [6.07, 6.45) is 3.44. The SMILES string of the molecule is CCc1ccc(C(=O)NC(=S)Nc2cccc(/C=C/C(=O)O)c2)cc1. The van der Waals surface area contributed by atoms with Gasteiger partial charge in [0.1, 0.15) is 0 Å². The molecule has 1 amide bonds. The van der Waals surface area contributed by atoms with Gasteiger partial charge in [-0.1, -0.05) is 31.2 Å². The van der Waals surface area contributed by atoms with E-state index in [2.05, 4.69) is 10.6 Å². The molecular weight excluding hydrogens is 336 g/mol. The van der Waals surface area contributed by atoms with E-state index in [0.29, 0.717) is 16.8 Å². The highest BCUT2D eigenvalue weighted by atomic mass is 32.1. The molecule has 0 fully saturated rings. The van der Waals surface area contributed by atoms with E-state index in [9.17, 15) is 9.59 Å². The van der Waals surface area contributed by atoms with Crippen LogP contribution >= 0.6 is 12.2 Å². The van der Waals surface area contributed by atoms with Crippen molar-refractivity contribution in [2.75, 3.05) is 5.32 Å². The second kappa shape index (κ2) is 8.75. The Balaban J connectivity index is 1.98. The third-order valence-electron chi connectivity index (χ3n) is 3.41. The highest BCUT2D eigenvalue weighted by Crippen LogP contribution is 2.12. The van der Waals surface area contributed by atoms with Gasteiger partial charge in [-0.3, -0.25) is 10.1 Å². The van der Waals surface area contributed by atoms with Crippen molar-refractivity contribution in [3.8, 4) is 0 Å². The maximum absolute atomic E-state index is 12.2. The third-order valence-corrected chi connectivity index (χ3v) is 3.62. The normalized spacial score (nSPS) is 10.4. The molecule has 3 N–H and O–H groups in total. The molecule has 0 aliphatic heterocycles. The lowest BCUT2D eigenvalue weighted by atomic mass is 10.1. The number of rotatable bonds is 5. The van der Waals surface area contributed by atoms with Crippen LogP contribution < -0.4 is 10.6 Å². The fraction of sp³-hybridized carbons (Fsp3) is 0.105. The molecule has 2 aromatic carbocycles. The summed E-state index contributed by atoms with van der Waals surface area (Å²) in [6, 6.07) is 14.4. The van der Waals surface area contributed by atoms with Crippen LogP contribution in [0.1, 0.15) is 28.4 Å². The highest BCUT2D eigenvalue weighted by Gasteiger charge is 2.08. The minimum absolute atomic E-state index is 0.170. The first-order valence-corrected chi connectivity index (χ1v) is 8.11.